The molecule has 2 N–H and O–H groups in total. The summed E-state index contributed by atoms with van der Waals surface area (Å²) in [7, 11) is 1.33. The number of nitrogens with zero attached hydrogens (tertiary/aromatic N) is 1. The van der Waals surface area contributed by atoms with Gasteiger partial charge in [0, 0.05) is 0 Å². The molecule has 1 saturated heterocycles. The molecule has 2 aromatic rings. The molecule has 6 nitrogen and oxygen atoms in total. The third kappa shape index (κ3) is 5.20. The number of quaternary nitrogens is 1. The van der Waals surface area contributed by atoms with E-state index in [9.17, 15) is 9.59 Å². The summed E-state index contributed by atoms with van der Waals surface area (Å²) in [4.78, 5) is 27.7. The molecule has 1 aliphatic heterocycles. The highest BCUT2D eigenvalue weighted by Gasteiger charge is 2.24. The van der Waals surface area contributed by atoms with E-state index in [0.29, 0.717) is 24.3 Å². The fourth-order valence-electron chi connectivity index (χ4n) is 3.23. The van der Waals surface area contributed by atoms with E-state index in [1.54, 1.807) is 29.2 Å². The zero-order valence-corrected chi connectivity index (χ0v) is 16.1. The number of carbonyl (C=O) groups excluding carboxylic acids is 2. The lowest BCUT2D eigenvalue weighted by Crippen LogP contribution is -3.14. The van der Waals surface area contributed by atoms with E-state index in [4.69, 9.17) is 4.74 Å². The SMILES string of the molecule is COC(=O)c1ccccc1NC(=O)N1CC[NH+](C/C=C/c2ccccc2)CC1. The van der Waals surface area contributed by atoms with Gasteiger partial charge < -0.3 is 19.9 Å². The Bertz CT molecular complexity index is 828. The Hall–Kier alpha value is -3.12. The van der Waals surface area contributed by atoms with Gasteiger partial charge in [-0.05, 0) is 23.8 Å². The quantitative estimate of drug-likeness (QED) is 0.779. The molecule has 1 aliphatic rings. The van der Waals surface area contributed by atoms with E-state index in [0.717, 1.165) is 19.6 Å². The molecule has 3 rings (SSSR count). The standard InChI is InChI=1S/C22H25N3O3/c1-28-21(26)19-11-5-6-12-20(19)23-22(27)25-16-14-24(15-17-25)13-7-10-18-8-3-2-4-9-18/h2-12H,13-17H2,1H3,(H,23,27)/p+1/b10-7+. The van der Waals surface area contributed by atoms with Crippen molar-refractivity contribution < 1.29 is 19.2 Å². The second-order valence-corrected chi connectivity index (χ2v) is 6.72. The Morgan fingerprint density at radius 3 is 2.46 bits per heavy atom. The summed E-state index contributed by atoms with van der Waals surface area (Å²) < 4.78 is 4.77. The molecule has 28 heavy (non-hydrogen) atoms. The van der Waals surface area contributed by atoms with Crippen LogP contribution < -0.4 is 10.2 Å². The number of benzene rings is 2. The number of carbonyl (C=O) groups is 2. The predicted octanol–water partition coefficient (Wildman–Crippen LogP) is 1.92. The molecule has 1 fully saturated rings. The number of nitrogens with one attached hydrogen (secondary N) is 2. The van der Waals surface area contributed by atoms with Crippen LogP contribution >= 0.6 is 0 Å². The maximum atomic E-state index is 12.6. The molecule has 0 atom stereocenters. The normalized spacial score (nSPS) is 14.8. The summed E-state index contributed by atoms with van der Waals surface area (Å²) in [6.45, 7) is 4.09. The van der Waals surface area contributed by atoms with Crippen molar-refractivity contribution in [1.82, 2.24) is 4.90 Å². The lowest BCUT2D eigenvalue weighted by molar-refractivity contribution is -0.898. The van der Waals surface area contributed by atoms with Gasteiger partial charge in [0.1, 0.15) is 0 Å². The molecule has 0 bridgehead atoms. The third-order valence-electron chi connectivity index (χ3n) is 4.85. The number of amides is 2. The molecule has 0 aromatic heterocycles. The van der Waals surface area contributed by atoms with Crippen LogP contribution in [-0.4, -0.2) is 56.7 Å². The van der Waals surface area contributed by atoms with Crippen LogP contribution in [0.2, 0.25) is 0 Å². The van der Waals surface area contributed by atoms with Gasteiger partial charge in [0.05, 0.1) is 51.1 Å². The summed E-state index contributed by atoms with van der Waals surface area (Å²) in [5, 5.41) is 2.84. The number of para-hydroxylation sites is 1. The number of esters is 1. The largest absolute Gasteiger partial charge is 0.465 e. The van der Waals surface area contributed by atoms with Gasteiger partial charge in [0.2, 0.25) is 0 Å². The molecular formula is C22H26N3O3+. The van der Waals surface area contributed by atoms with Crippen LogP contribution in [0.5, 0.6) is 0 Å². The number of urea groups is 1. The Morgan fingerprint density at radius 2 is 1.75 bits per heavy atom. The van der Waals surface area contributed by atoms with E-state index in [1.807, 2.05) is 18.2 Å². The van der Waals surface area contributed by atoms with Crippen molar-refractivity contribution in [3.8, 4) is 0 Å². The Morgan fingerprint density at radius 1 is 1.07 bits per heavy atom. The van der Waals surface area contributed by atoms with Gasteiger partial charge in [-0.2, -0.15) is 0 Å². The molecule has 0 saturated carbocycles. The van der Waals surface area contributed by atoms with E-state index in [-0.39, 0.29) is 6.03 Å². The fourth-order valence-corrected chi connectivity index (χ4v) is 3.23. The molecule has 0 aliphatic carbocycles. The highest BCUT2D eigenvalue weighted by atomic mass is 16.5. The minimum atomic E-state index is -0.463. The van der Waals surface area contributed by atoms with Crippen LogP contribution in [0.25, 0.3) is 6.08 Å². The summed E-state index contributed by atoms with van der Waals surface area (Å²) in [6, 6.07) is 16.9. The Balaban J connectivity index is 1.49. The van der Waals surface area contributed by atoms with Crippen molar-refractivity contribution in [3.05, 3.63) is 71.8 Å². The number of rotatable bonds is 5. The lowest BCUT2D eigenvalue weighted by Gasteiger charge is -2.31. The van der Waals surface area contributed by atoms with E-state index < -0.39 is 5.97 Å². The molecule has 6 heteroatoms. The number of anilines is 1. The van der Waals surface area contributed by atoms with Gasteiger partial charge in [0.15, 0.2) is 0 Å². The third-order valence-corrected chi connectivity index (χ3v) is 4.85. The van der Waals surface area contributed by atoms with E-state index in [1.165, 1.54) is 17.6 Å². The Labute approximate surface area is 165 Å². The first-order valence-electron chi connectivity index (χ1n) is 9.46. The van der Waals surface area contributed by atoms with Gasteiger partial charge in [-0.3, -0.25) is 0 Å². The number of hydrogen-bond acceptors (Lipinski definition) is 3. The predicted molar refractivity (Wildman–Crippen MR) is 109 cm³/mol. The van der Waals surface area contributed by atoms with Crippen LogP contribution in [0.3, 0.4) is 0 Å². The first-order valence-corrected chi connectivity index (χ1v) is 9.46. The van der Waals surface area contributed by atoms with Gasteiger partial charge in [0.25, 0.3) is 0 Å². The van der Waals surface area contributed by atoms with Crippen molar-refractivity contribution in [2.75, 3.05) is 45.2 Å². The van der Waals surface area contributed by atoms with Crippen molar-refractivity contribution in [1.29, 1.82) is 0 Å². The fraction of sp³-hybridized carbons (Fsp3) is 0.273. The van der Waals surface area contributed by atoms with Crippen LogP contribution in [0.4, 0.5) is 10.5 Å². The number of methoxy groups -OCH3 is 1. The van der Waals surface area contributed by atoms with E-state index in [2.05, 4.69) is 29.6 Å². The molecule has 0 spiro atoms. The van der Waals surface area contributed by atoms with Gasteiger partial charge in [-0.1, -0.05) is 48.5 Å². The van der Waals surface area contributed by atoms with Crippen molar-refractivity contribution in [3.63, 3.8) is 0 Å². The molecule has 2 aromatic carbocycles. The topological polar surface area (TPSA) is 63.1 Å². The first kappa shape index (κ1) is 19.6. The highest BCUT2D eigenvalue weighted by molar-refractivity contribution is 6.00. The lowest BCUT2D eigenvalue weighted by atomic mass is 10.2. The monoisotopic (exact) mass is 380 g/mol. The van der Waals surface area contributed by atoms with Crippen molar-refractivity contribution in [2.24, 2.45) is 0 Å². The summed E-state index contributed by atoms with van der Waals surface area (Å²) in [5.74, 6) is -0.463. The van der Waals surface area contributed by atoms with E-state index >= 15 is 0 Å². The minimum Gasteiger partial charge on any atom is -0.465 e. The average molecular weight is 380 g/mol. The van der Waals surface area contributed by atoms with Crippen LogP contribution in [-0.2, 0) is 4.74 Å². The molecule has 0 unspecified atom stereocenters. The zero-order chi connectivity index (χ0) is 19.8. The second-order valence-electron chi connectivity index (χ2n) is 6.72. The highest BCUT2D eigenvalue weighted by Crippen LogP contribution is 2.16. The maximum Gasteiger partial charge on any atom is 0.339 e. The van der Waals surface area contributed by atoms with Gasteiger partial charge in [-0.15, -0.1) is 0 Å². The Kier molecular flexibility index (Phi) is 6.81. The minimum absolute atomic E-state index is 0.185. The molecule has 0 radical (unpaired) electrons. The summed E-state index contributed by atoms with van der Waals surface area (Å²) in [6.07, 6.45) is 4.32. The number of ether oxygens (including phenoxy) is 1. The zero-order valence-electron chi connectivity index (χ0n) is 16.1. The molecule has 146 valence electrons. The number of hydrogen-bond donors (Lipinski definition) is 2. The van der Waals surface area contributed by atoms with Crippen molar-refractivity contribution in [2.45, 2.75) is 0 Å². The van der Waals surface area contributed by atoms with Crippen molar-refractivity contribution >= 4 is 23.8 Å². The van der Waals surface area contributed by atoms with Crippen LogP contribution in [0, 0.1) is 0 Å². The van der Waals surface area contributed by atoms with Crippen LogP contribution in [0.15, 0.2) is 60.7 Å². The smallest absolute Gasteiger partial charge is 0.339 e. The van der Waals surface area contributed by atoms with Gasteiger partial charge in [-0.25, -0.2) is 9.59 Å². The second kappa shape index (κ2) is 9.71. The maximum absolute atomic E-state index is 12.6. The van der Waals surface area contributed by atoms with Crippen LogP contribution in [0.1, 0.15) is 15.9 Å². The molecule has 2 amide bonds. The first-order chi connectivity index (χ1) is 13.7. The summed E-state index contributed by atoms with van der Waals surface area (Å²) in [5.41, 5.74) is 2.03. The number of piperazine rings is 1. The molecular weight excluding hydrogens is 354 g/mol. The van der Waals surface area contributed by atoms with Gasteiger partial charge >= 0.3 is 12.0 Å². The summed E-state index contributed by atoms with van der Waals surface area (Å²) >= 11 is 0. The average Bonchev–Trinajstić information content (AvgIpc) is 2.75. The molecule has 1 heterocycles.